The van der Waals surface area contributed by atoms with Crippen LogP contribution in [0.15, 0.2) is 0 Å². The molecule has 4 heteroatoms. The minimum atomic E-state index is -0.379. The largest absolute Gasteiger partial charge is 0.353 e. The number of hydrogen-bond acceptors (Lipinski definition) is 3. The molecular formula is C12H25N3O. The van der Waals surface area contributed by atoms with Gasteiger partial charge in [-0.15, -0.1) is 0 Å². The van der Waals surface area contributed by atoms with Crippen LogP contribution in [0, 0.1) is 5.92 Å². The maximum Gasteiger partial charge on any atom is 0.237 e. The number of nitrogens with two attached hydrogens (primary N) is 1. The summed E-state index contributed by atoms with van der Waals surface area (Å²) >= 11 is 0. The van der Waals surface area contributed by atoms with Gasteiger partial charge >= 0.3 is 0 Å². The molecule has 1 amide bonds. The van der Waals surface area contributed by atoms with E-state index in [0.29, 0.717) is 6.54 Å². The Morgan fingerprint density at radius 3 is 2.56 bits per heavy atom. The normalized spacial score (nSPS) is 17.9. The Morgan fingerprint density at radius 1 is 1.50 bits per heavy atom. The molecule has 1 fully saturated rings. The van der Waals surface area contributed by atoms with Gasteiger partial charge < -0.3 is 11.1 Å². The van der Waals surface area contributed by atoms with E-state index < -0.39 is 0 Å². The van der Waals surface area contributed by atoms with Crippen LogP contribution >= 0.6 is 0 Å². The monoisotopic (exact) mass is 227 g/mol. The van der Waals surface area contributed by atoms with E-state index in [1.54, 1.807) is 0 Å². The lowest BCUT2D eigenvalue weighted by Gasteiger charge is -2.21. The SMILES string of the molecule is CCN(CCNC(=O)[C@H](N)C(C)C)C1CC1. The van der Waals surface area contributed by atoms with E-state index in [9.17, 15) is 4.79 Å². The molecule has 0 unspecified atom stereocenters. The second-order valence-electron chi connectivity index (χ2n) is 4.92. The van der Waals surface area contributed by atoms with Crippen molar-refractivity contribution in [3.63, 3.8) is 0 Å². The van der Waals surface area contributed by atoms with Crippen LogP contribution in [0.3, 0.4) is 0 Å². The van der Waals surface area contributed by atoms with Gasteiger partial charge in [0.05, 0.1) is 6.04 Å². The molecule has 0 heterocycles. The molecule has 0 radical (unpaired) electrons. The van der Waals surface area contributed by atoms with Gasteiger partial charge in [-0.05, 0) is 25.3 Å². The van der Waals surface area contributed by atoms with E-state index in [2.05, 4.69) is 17.1 Å². The van der Waals surface area contributed by atoms with Crippen molar-refractivity contribution in [2.45, 2.75) is 45.7 Å². The number of nitrogens with zero attached hydrogens (tertiary/aromatic N) is 1. The molecule has 0 aromatic heterocycles. The second kappa shape index (κ2) is 6.21. The highest BCUT2D eigenvalue weighted by Crippen LogP contribution is 2.25. The van der Waals surface area contributed by atoms with E-state index in [0.717, 1.165) is 19.1 Å². The Labute approximate surface area is 98.6 Å². The van der Waals surface area contributed by atoms with Crippen LogP contribution in [-0.4, -0.2) is 42.5 Å². The Morgan fingerprint density at radius 2 is 2.12 bits per heavy atom. The first kappa shape index (κ1) is 13.5. The van der Waals surface area contributed by atoms with Crippen LogP contribution in [0.2, 0.25) is 0 Å². The first-order valence-corrected chi connectivity index (χ1v) is 6.33. The molecule has 1 rings (SSSR count). The van der Waals surface area contributed by atoms with Crippen molar-refractivity contribution in [3.05, 3.63) is 0 Å². The van der Waals surface area contributed by atoms with Crippen LogP contribution in [0.4, 0.5) is 0 Å². The van der Waals surface area contributed by atoms with Crippen LogP contribution in [0.25, 0.3) is 0 Å². The maximum atomic E-state index is 11.6. The molecular weight excluding hydrogens is 202 g/mol. The second-order valence-corrected chi connectivity index (χ2v) is 4.92. The lowest BCUT2D eigenvalue weighted by Crippen LogP contribution is -2.46. The van der Waals surface area contributed by atoms with Crippen molar-refractivity contribution in [2.24, 2.45) is 11.7 Å². The number of nitrogens with one attached hydrogen (secondary N) is 1. The smallest absolute Gasteiger partial charge is 0.237 e. The van der Waals surface area contributed by atoms with Gasteiger partial charge in [0.15, 0.2) is 0 Å². The summed E-state index contributed by atoms with van der Waals surface area (Å²) in [5, 5.41) is 2.91. The van der Waals surface area contributed by atoms with Gasteiger partial charge in [-0.2, -0.15) is 0 Å². The van der Waals surface area contributed by atoms with Crippen LogP contribution < -0.4 is 11.1 Å². The van der Waals surface area contributed by atoms with Crippen molar-refractivity contribution in [1.82, 2.24) is 10.2 Å². The Bertz CT molecular complexity index is 226. The number of likely N-dealkylation sites (N-methyl/N-ethyl adjacent to an activating group) is 1. The zero-order valence-corrected chi connectivity index (χ0v) is 10.7. The fraction of sp³-hybridized carbons (Fsp3) is 0.917. The minimum absolute atomic E-state index is 0.0261. The lowest BCUT2D eigenvalue weighted by molar-refractivity contribution is -0.123. The molecule has 1 aliphatic rings. The van der Waals surface area contributed by atoms with Crippen molar-refractivity contribution < 1.29 is 4.79 Å². The molecule has 1 atom stereocenters. The average Bonchev–Trinajstić information content (AvgIpc) is 3.06. The van der Waals surface area contributed by atoms with E-state index in [4.69, 9.17) is 5.73 Å². The van der Waals surface area contributed by atoms with Gasteiger partial charge in [-0.3, -0.25) is 9.69 Å². The van der Waals surface area contributed by atoms with Gasteiger partial charge in [0.25, 0.3) is 0 Å². The van der Waals surface area contributed by atoms with E-state index in [1.165, 1.54) is 12.8 Å². The van der Waals surface area contributed by atoms with E-state index in [1.807, 2.05) is 13.8 Å². The summed E-state index contributed by atoms with van der Waals surface area (Å²) in [7, 11) is 0. The molecule has 4 nitrogen and oxygen atoms in total. The first-order chi connectivity index (χ1) is 7.56. The molecule has 3 N–H and O–H groups in total. The Hall–Kier alpha value is -0.610. The summed E-state index contributed by atoms with van der Waals surface area (Å²) in [5.74, 6) is 0.174. The summed E-state index contributed by atoms with van der Waals surface area (Å²) in [6.45, 7) is 8.82. The van der Waals surface area contributed by atoms with Gasteiger partial charge in [0.1, 0.15) is 0 Å². The number of rotatable bonds is 7. The summed E-state index contributed by atoms with van der Waals surface area (Å²) in [6, 6.07) is 0.386. The third-order valence-electron chi connectivity index (χ3n) is 3.19. The molecule has 16 heavy (non-hydrogen) atoms. The van der Waals surface area contributed by atoms with Gasteiger partial charge in [0.2, 0.25) is 5.91 Å². The highest BCUT2D eigenvalue weighted by Gasteiger charge is 2.27. The zero-order chi connectivity index (χ0) is 12.1. The van der Waals surface area contributed by atoms with Gasteiger partial charge in [-0.25, -0.2) is 0 Å². The fourth-order valence-electron chi connectivity index (χ4n) is 1.78. The minimum Gasteiger partial charge on any atom is -0.353 e. The zero-order valence-electron chi connectivity index (χ0n) is 10.7. The quantitative estimate of drug-likeness (QED) is 0.668. The average molecular weight is 227 g/mol. The van der Waals surface area contributed by atoms with Gasteiger partial charge in [0, 0.05) is 19.1 Å². The van der Waals surface area contributed by atoms with E-state index in [-0.39, 0.29) is 17.9 Å². The fourth-order valence-corrected chi connectivity index (χ4v) is 1.78. The highest BCUT2D eigenvalue weighted by atomic mass is 16.2. The van der Waals surface area contributed by atoms with Crippen molar-refractivity contribution in [2.75, 3.05) is 19.6 Å². The summed E-state index contributed by atoms with van der Waals surface area (Å²) in [6.07, 6.45) is 2.63. The maximum absolute atomic E-state index is 11.6. The lowest BCUT2D eigenvalue weighted by atomic mass is 10.1. The Balaban J connectivity index is 2.16. The number of amides is 1. The summed E-state index contributed by atoms with van der Waals surface area (Å²) < 4.78 is 0. The summed E-state index contributed by atoms with van der Waals surface area (Å²) in [4.78, 5) is 14.0. The molecule has 0 bridgehead atoms. The third-order valence-corrected chi connectivity index (χ3v) is 3.19. The van der Waals surface area contributed by atoms with Crippen molar-refractivity contribution >= 4 is 5.91 Å². The van der Waals surface area contributed by atoms with Gasteiger partial charge in [-0.1, -0.05) is 20.8 Å². The van der Waals surface area contributed by atoms with Crippen molar-refractivity contribution in [1.29, 1.82) is 0 Å². The molecule has 0 aromatic carbocycles. The highest BCUT2D eigenvalue weighted by molar-refractivity contribution is 5.81. The molecule has 0 aliphatic heterocycles. The molecule has 1 saturated carbocycles. The number of hydrogen-bond donors (Lipinski definition) is 2. The van der Waals surface area contributed by atoms with Crippen LogP contribution in [0.5, 0.6) is 0 Å². The van der Waals surface area contributed by atoms with Crippen LogP contribution in [0.1, 0.15) is 33.6 Å². The predicted molar refractivity (Wildman–Crippen MR) is 66.1 cm³/mol. The number of carbonyl (C=O) groups excluding carboxylic acids is 1. The molecule has 0 spiro atoms. The predicted octanol–water partition coefficient (Wildman–Crippen LogP) is 0.570. The van der Waals surface area contributed by atoms with Crippen molar-refractivity contribution in [3.8, 4) is 0 Å². The molecule has 1 aliphatic carbocycles. The molecule has 94 valence electrons. The molecule has 0 saturated heterocycles. The molecule has 0 aromatic rings. The van der Waals surface area contributed by atoms with Crippen LogP contribution in [-0.2, 0) is 4.79 Å². The third kappa shape index (κ3) is 4.10. The standard InChI is InChI=1S/C12H25N3O/c1-4-15(10-5-6-10)8-7-14-12(16)11(13)9(2)3/h9-11H,4-8,13H2,1-3H3,(H,14,16)/t11-/m1/s1. The summed E-state index contributed by atoms with van der Waals surface area (Å²) in [5.41, 5.74) is 5.76. The Kier molecular flexibility index (Phi) is 5.22. The first-order valence-electron chi connectivity index (χ1n) is 6.33. The topological polar surface area (TPSA) is 58.4 Å². The number of carbonyl (C=O) groups is 1. The van der Waals surface area contributed by atoms with E-state index >= 15 is 0 Å².